The van der Waals surface area contributed by atoms with Gasteiger partial charge in [-0.25, -0.2) is 0 Å². The van der Waals surface area contributed by atoms with Crippen LogP contribution in [0.1, 0.15) is 23.5 Å². The number of likely N-dealkylation sites (N-methyl/N-ethyl adjacent to an activating group) is 1. The van der Waals surface area contributed by atoms with Crippen molar-refractivity contribution in [2.75, 3.05) is 20.1 Å². The number of likely N-dealkylation sites (tertiary alicyclic amines) is 1. The van der Waals surface area contributed by atoms with Gasteiger partial charge in [0, 0.05) is 36.0 Å². The Bertz CT molecular complexity index is 690. The van der Waals surface area contributed by atoms with E-state index in [1.807, 2.05) is 18.2 Å². The lowest BCUT2D eigenvalue weighted by molar-refractivity contribution is 0.00703. The number of benzene rings is 2. The van der Waals surface area contributed by atoms with E-state index in [-0.39, 0.29) is 18.0 Å². The first-order chi connectivity index (χ1) is 10.2. The minimum atomic E-state index is -0.263. The fourth-order valence-corrected chi connectivity index (χ4v) is 3.96. The van der Waals surface area contributed by atoms with E-state index in [4.69, 9.17) is 16.3 Å². The molecule has 2 aromatic rings. The Morgan fingerprint density at radius 2 is 2.00 bits per heavy atom. The van der Waals surface area contributed by atoms with Crippen molar-refractivity contribution < 1.29 is 4.74 Å². The largest absolute Gasteiger partial charge is 0.482 e. The Labute approximate surface area is 142 Å². The molecule has 116 valence electrons. The minimum absolute atomic E-state index is 0. The van der Waals surface area contributed by atoms with E-state index in [1.54, 1.807) is 0 Å². The van der Waals surface area contributed by atoms with Gasteiger partial charge in [-0.3, -0.25) is 0 Å². The lowest BCUT2D eigenvalue weighted by atomic mass is 9.74. The Kier molecular flexibility index (Phi) is 4.11. The van der Waals surface area contributed by atoms with Crippen molar-refractivity contribution in [3.05, 3.63) is 64.7 Å². The molecule has 0 aromatic heterocycles. The molecular formula is C18H19Cl2NO. The third-order valence-electron chi connectivity index (χ3n) is 4.82. The molecule has 4 rings (SSSR count). The first kappa shape index (κ1) is 15.7. The van der Waals surface area contributed by atoms with Crippen LogP contribution in [0.25, 0.3) is 0 Å². The molecule has 2 atom stereocenters. The van der Waals surface area contributed by atoms with Gasteiger partial charge in [-0.2, -0.15) is 0 Å². The standard InChI is InChI=1S/C18H18ClNO.ClH/c1-20-10-9-18(13-5-4-6-14(19)11-13)16(12-20)15-7-2-3-8-17(15)21-18;/h2-8,11,16H,9-10,12H2,1H3;1H/t16-,18+;/m0./s1. The molecule has 2 aliphatic heterocycles. The zero-order valence-electron chi connectivity index (χ0n) is 12.5. The van der Waals surface area contributed by atoms with E-state index in [0.717, 1.165) is 30.3 Å². The highest BCUT2D eigenvalue weighted by molar-refractivity contribution is 6.30. The van der Waals surface area contributed by atoms with Crippen LogP contribution >= 0.6 is 24.0 Å². The zero-order valence-corrected chi connectivity index (χ0v) is 14.0. The SMILES string of the molecule is CN1CC[C@]2(c3cccc(Cl)c3)Oc3ccccc3[C@@H]2C1.Cl. The van der Waals surface area contributed by atoms with Crippen LogP contribution < -0.4 is 4.74 Å². The molecule has 22 heavy (non-hydrogen) atoms. The monoisotopic (exact) mass is 335 g/mol. The van der Waals surface area contributed by atoms with E-state index in [1.165, 1.54) is 11.1 Å². The third-order valence-corrected chi connectivity index (χ3v) is 5.06. The Morgan fingerprint density at radius 3 is 2.82 bits per heavy atom. The lowest BCUT2D eigenvalue weighted by Gasteiger charge is -2.42. The van der Waals surface area contributed by atoms with E-state index in [9.17, 15) is 0 Å². The van der Waals surface area contributed by atoms with Gasteiger partial charge in [0.2, 0.25) is 0 Å². The molecule has 0 radical (unpaired) electrons. The molecule has 0 saturated carbocycles. The van der Waals surface area contributed by atoms with Gasteiger partial charge in [-0.15, -0.1) is 12.4 Å². The summed E-state index contributed by atoms with van der Waals surface area (Å²) >= 11 is 6.23. The molecule has 0 unspecified atom stereocenters. The number of rotatable bonds is 1. The van der Waals surface area contributed by atoms with Crippen molar-refractivity contribution in [3.8, 4) is 5.75 Å². The van der Waals surface area contributed by atoms with Crippen molar-refractivity contribution in [2.24, 2.45) is 0 Å². The summed E-state index contributed by atoms with van der Waals surface area (Å²) in [5.74, 6) is 1.39. The molecule has 0 N–H and O–H groups in total. The number of hydrogen-bond donors (Lipinski definition) is 0. The number of ether oxygens (including phenoxy) is 1. The molecule has 0 aliphatic carbocycles. The van der Waals surface area contributed by atoms with Gasteiger partial charge in [0.25, 0.3) is 0 Å². The average molecular weight is 336 g/mol. The Balaban J connectivity index is 0.00000144. The summed E-state index contributed by atoms with van der Waals surface area (Å²) in [5, 5.41) is 0.777. The predicted molar refractivity (Wildman–Crippen MR) is 92.3 cm³/mol. The highest BCUT2D eigenvalue weighted by atomic mass is 35.5. The smallest absolute Gasteiger partial charge is 0.143 e. The Morgan fingerprint density at radius 1 is 1.18 bits per heavy atom. The molecule has 1 fully saturated rings. The lowest BCUT2D eigenvalue weighted by Crippen LogP contribution is -2.47. The topological polar surface area (TPSA) is 12.5 Å². The van der Waals surface area contributed by atoms with Crippen LogP contribution in [-0.2, 0) is 5.60 Å². The Hall–Kier alpha value is -1.22. The van der Waals surface area contributed by atoms with Crippen molar-refractivity contribution >= 4 is 24.0 Å². The summed E-state index contributed by atoms with van der Waals surface area (Å²) in [7, 11) is 2.18. The third kappa shape index (κ3) is 2.30. The van der Waals surface area contributed by atoms with Crippen LogP contribution in [0, 0.1) is 0 Å². The van der Waals surface area contributed by atoms with Gasteiger partial charge >= 0.3 is 0 Å². The zero-order chi connectivity index (χ0) is 14.4. The van der Waals surface area contributed by atoms with Crippen molar-refractivity contribution in [3.63, 3.8) is 0 Å². The molecule has 2 heterocycles. The second-order valence-electron chi connectivity index (χ2n) is 6.10. The van der Waals surface area contributed by atoms with Crippen molar-refractivity contribution in [2.45, 2.75) is 17.9 Å². The van der Waals surface area contributed by atoms with Crippen LogP contribution in [0.5, 0.6) is 5.75 Å². The summed E-state index contributed by atoms with van der Waals surface area (Å²) in [6, 6.07) is 16.6. The van der Waals surface area contributed by atoms with Crippen LogP contribution in [0.3, 0.4) is 0 Å². The number of nitrogens with zero attached hydrogens (tertiary/aromatic N) is 1. The van der Waals surface area contributed by atoms with Crippen LogP contribution in [0.15, 0.2) is 48.5 Å². The summed E-state index contributed by atoms with van der Waals surface area (Å²) in [5.41, 5.74) is 2.26. The first-order valence-corrected chi connectivity index (χ1v) is 7.79. The van der Waals surface area contributed by atoms with E-state index in [0.29, 0.717) is 5.92 Å². The normalized spacial score (nSPS) is 26.5. The maximum atomic E-state index is 6.50. The summed E-state index contributed by atoms with van der Waals surface area (Å²) in [6.45, 7) is 2.06. The molecule has 0 spiro atoms. The second-order valence-corrected chi connectivity index (χ2v) is 6.54. The molecule has 2 nitrogen and oxygen atoms in total. The molecular weight excluding hydrogens is 317 g/mol. The van der Waals surface area contributed by atoms with Gasteiger partial charge in [-0.1, -0.05) is 41.9 Å². The van der Waals surface area contributed by atoms with E-state index < -0.39 is 0 Å². The van der Waals surface area contributed by atoms with Gasteiger partial charge < -0.3 is 9.64 Å². The number of para-hydroxylation sites is 1. The maximum Gasteiger partial charge on any atom is 0.143 e. The fourth-order valence-electron chi connectivity index (χ4n) is 3.77. The van der Waals surface area contributed by atoms with Crippen molar-refractivity contribution in [1.82, 2.24) is 4.90 Å². The van der Waals surface area contributed by atoms with E-state index in [2.05, 4.69) is 42.3 Å². The summed E-state index contributed by atoms with van der Waals surface area (Å²) in [4.78, 5) is 2.39. The van der Waals surface area contributed by atoms with Gasteiger partial charge in [-0.05, 0) is 30.8 Å². The van der Waals surface area contributed by atoms with Crippen LogP contribution in [0.4, 0.5) is 0 Å². The molecule has 2 aromatic carbocycles. The number of halogens is 2. The summed E-state index contributed by atoms with van der Waals surface area (Å²) in [6.07, 6.45) is 0.989. The quantitative estimate of drug-likeness (QED) is 0.762. The number of piperidine rings is 1. The second kappa shape index (κ2) is 5.77. The molecule has 0 amide bonds. The van der Waals surface area contributed by atoms with Crippen LogP contribution in [-0.4, -0.2) is 25.0 Å². The molecule has 4 heteroatoms. The van der Waals surface area contributed by atoms with Gasteiger partial charge in [0.1, 0.15) is 11.4 Å². The summed E-state index contributed by atoms with van der Waals surface area (Å²) < 4.78 is 6.50. The fraction of sp³-hybridized carbons (Fsp3) is 0.333. The molecule has 0 bridgehead atoms. The van der Waals surface area contributed by atoms with Gasteiger partial charge in [0.05, 0.1) is 0 Å². The van der Waals surface area contributed by atoms with Crippen LogP contribution in [0.2, 0.25) is 5.02 Å². The molecule has 2 aliphatic rings. The maximum absolute atomic E-state index is 6.50. The van der Waals surface area contributed by atoms with Crippen molar-refractivity contribution in [1.29, 1.82) is 0 Å². The minimum Gasteiger partial charge on any atom is -0.482 e. The average Bonchev–Trinajstić information content (AvgIpc) is 2.82. The number of fused-ring (bicyclic) bond motifs is 3. The predicted octanol–water partition coefficient (Wildman–Crippen LogP) is 4.47. The highest BCUT2D eigenvalue weighted by Crippen LogP contribution is 2.54. The van der Waals surface area contributed by atoms with E-state index >= 15 is 0 Å². The first-order valence-electron chi connectivity index (χ1n) is 7.41. The van der Waals surface area contributed by atoms with Gasteiger partial charge in [0.15, 0.2) is 0 Å². The molecule has 1 saturated heterocycles. The number of hydrogen-bond acceptors (Lipinski definition) is 2. The highest BCUT2D eigenvalue weighted by Gasteiger charge is 2.51.